The molecule has 2 aromatic carbocycles. The summed E-state index contributed by atoms with van der Waals surface area (Å²) in [5.74, 6) is -0.422. The minimum absolute atomic E-state index is 0.105. The van der Waals surface area contributed by atoms with Crippen molar-refractivity contribution >= 4 is 45.4 Å². The van der Waals surface area contributed by atoms with Crippen LogP contribution in [0.25, 0.3) is 11.3 Å². The molecule has 1 N–H and O–H groups in total. The number of thiazole rings is 1. The molecule has 0 aliphatic rings. The van der Waals surface area contributed by atoms with Crippen molar-refractivity contribution in [1.29, 1.82) is 0 Å². The lowest BCUT2D eigenvalue weighted by atomic mass is 10.1. The predicted octanol–water partition coefficient (Wildman–Crippen LogP) is 6.22. The topological polar surface area (TPSA) is 15.9 Å². The highest BCUT2D eigenvalue weighted by molar-refractivity contribution is 7.13. The fourth-order valence-corrected chi connectivity index (χ4v) is 3.80. The minimum atomic E-state index is -0.422. The lowest BCUT2D eigenvalue weighted by molar-refractivity contribution is -0.664. The van der Waals surface area contributed by atoms with Crippen molar-refractivity contribution in [2.24, 2.45) is 0 Å². The summed E-state index contributed by atoms with van der Waals surface area (Å²) in [6, 6.07) is 10.6. The lowest BCUT2D eigenvalue weighted by Crippen LogP contribution is -2.35. The normalized spacial score (nSPS) is 10.9. The first-order valence-electron chi connectivity index (χ1n) is 7.49. The molecule has 0 bridgehead atoms. The molecule has 2 nitrogen and oxygen atoms in total. The fraction of sp³-hybridized carbons (Fsp3) is 0.167. The average Bonchev–Trinajstić information content (AvgIpc) is 2.96. The van der Waals surface area contributed by atoms with Gasteiger partial charge < -0.3 is 0 Å². The highest BCUT2D eigenvalue weighted by atomic mass is 35.5. The largest absolute Gasteiger partial charge is 0.339 e. The van der Waals surface area contributed by atoms with Gasteiger partial charge in [0.05, 0.1) is 11.6 Å². The second-order valence-electron chi connectivity index (χ2n) is 5.39. The van der Waals surface area contributed by atoms with E-state index in [1.165, 1.54) is 6.07 Å². The molecule has 0 aliphatic carbocycles. The Labute approximate surface area is 154 Å². The SMILES string of the molecule is CC[n+]1c(-c2ccc(Cl)c(C)c2)csc1Nc1ccc(F)c(Cl)c1. The van der Waals surface area contributed by atoms with Crippen LogP contribution in [-0.4, -0.2) is 0 Å². The molecular formula is C18H16Cl2FN2S+. The summed E-state index contributed by atoms with van der Waals surface area (Å²) in [6.07, 6.45) is 0. The summed E-state index contributed by atoms with van der Waals surface area (Å²) in [5, 5.41) is 7.23. The van der Waals surface area contributed by atoms with Crippen LogP contribution >= 0.6 is 34.5 Å². The van der Waals surface area contributed by atoms with Gasteiger partial charge in [-0.05, 0) is 49.7 Å². The standard InChI is InChI=1S/C18H15Cl2FN2S/c1-3-23-17(12-4-6-14(19)11(2)8-12)10-24-18(23)22-13-5-7-16(21)15(20)9-13/h4-10H,3H2,1-2H3/p+1. The van der Waals surface area contributed by atoms with Crippen LogP contribution in [0, 0.1) is 12.7 Å². The second-order valence-corrected chi connectivity index (χ2v) is 7.06. The number of nitrogens with one attached hydrogen (secondary N) is 1. The molecule has 24 heavy (non-hydrogen) atoms. The van der Waals surface area contributed by atoms with Crippen LogP contribution in [0.3, 0.4) is 0 Å². The minimum Gasteiger partial charge on any atom is -0.231 e. The van der Waals surface area contributed by atoms with E-state index in [4.69, 9.17) is 23.2 Å². The first-order valence-corrected chi connectivity index (χ1v) is 9.13. The average molecular weight is 382 g/mol. The number of halogens is 3. The van der Waals surface area contributed by atoms with Crippen molar-refractivity contribution in [1.82, 2.24) is 0 Å². The summed E-state index contributed by atoms with van der Waals surface area (Å²) in [5.41, 5.74) is 4.02. The molecule has 0 unspecified atom stereocenters. The van der Waals surface area contributed by atoms with Crippen molar-refractivity contribution < 1.29 is 8.96 Å². The summed E-state index contributed by atoms with van der Waals surface area (Å²) < 4.78 is 15.5. The van der Waals surface area contributed by atoms with E-state index >= 15 is 0 Å². The Bertz CT molecular complexity index is 893. The van der Waals surface area contributed by atoms with E-state index in [9.17, 15) is 4.39 Å². The van der Waals surface area contributed by atoms with Gasteiger partial charge in [0.15, 0.2) is 0 Å². The molecule has 0 spiro atoms. The number of benzene rings is 2. The van der Waals surface area contributed by atoms with Crippen LogP contribution in [0.2, 0.25) is 10.0 Å². The third-order valence-corrected chi connectivity index (χ3v) is 5.36. The highest BCUT2D eigenvalue weighted by Crippen LogP contribution is 2.29. The predicted molar refractivity (Wildman–Crippen MR) is 100 cm³/mol. The molecule has 3 rings (SSSR count). The molecule has 1 heterocycles. The van der Waals surface area contributed by atoms with E-state index in [2.05, 4.69) is 28.3 Å². The zero-order valence-corrected chi connectivity index (χ0v) is 15.6. The Morgan fingerprint density at radius 2 is 1.92 bits per heavy atom. The monoisotopic (exact) mass is 381 g/mol. The van der Waals surface area contributed by atoms with E-state index in [0.717, 1.165) is 39.2 Å². The number of nitrogens with zero attached hydrogens (tertiary/aromatic N) is 1. The van der Waals surface area contributed by atoms with Gasteiger partial charge in [-0.15, -0.1) is 0 Å². The zero-order chi connectivity index (χ0) is 17.3. The summed E-state index contributed by atoms with van der Waals surface area (Å²) in [6.45, 7) is 4.88. The van der Waals surface area contributed by atoms with Gasteiger partial charge in [0, 0.05) is 22.0 Å². The third-order valence-electron chi connectivity index (χ3n) is 3.76. The molecule has 0 radical (unpaired) electrons. The van der Waals surface area contributed by atoms with Crippen LogP contribution in [0.4, 0.5) is 15.2 Å². The van der Waals surface area contributed by atoms with Gasteiger partial charge in [-0.3, -0.25) is 0 Å². The van der Waals surface area contributed by atoms with Gasteiger partial charge in [-0.1, -0.05) is 34.5 Å². The van der Waals surface area contributed by atoms with Crippen LogP contribution in [0.1, 0.15) is 12.5 Å². The maximum Gasteiger partial charge on any atom is 0.339 e. The van der Waals surface area contributed by atoms with E-state index in [1.54, 1.807) is 23.5 Å². The molecule has 124 valence electrons. The van der Waals surface area contributed by atoms with Crippen molar-refractivity contribution in [3.05, 3.63) is 63.2 Å². The van der Waals surface area contributed by atoms with Crippen molar-refractivity contribution in [2.75, 3.05) is 5.32 Å². The highest BCUT2D eigenvalue weighted by Gasteiger charge is 2.19. The van der Waals surface area contributed by atoms with E-state index in [1.807, 2.05) is 19.1 Å². The van der Waals surface area contributed by atoms with Gasteiger partial charge in [0.25, 0.3) is 0 Å². The number of aromatic nitrogens is 1. The summed E-state index contributed by atoms with van der Waals surface area (Å²) >= 11 is 13.6. The Hall–Kier alpha value is -1.62. The molecule has 0 aliphatic heterocycles. The molecule has 0 saturated heterocycles. The maximum atomic E-state index is 13.3. The smallest absolute Gasteiger partial charge is 0.231 e. The van der Waals surface area contributed by atoms with E-state index in [-0.39, 0.29) is 5.02 Å². The molecule has 0 atom stereocenters. The second kappa shape index (κ2) is 7.09. The number of rotatable bonds is 4. The van der Waals surface area contributed by atoms with Crippen molar-refractivity contribution in [3.8, 4) is 11.3 Å². The van der Waals surface area contributed by atoms with Crippen LogP contribution in [0.15, 0.2) is 41.8 Å². The first kappa shape index (κ1) is 17.2. The molecule has 1 aromatic heterocycles. The molecule has 0 fully saturated rings. The molecule has 3 aromatic rings. The Balaban J connectivity index is 1.97. The van der Waals surface area contributed by atoms with Crippen LogP contribution in [0.5, 0.6) is 0 Å². The van der Waals surface area contributed by atoms with E-state index < -0.39 is 5.82 Å². The van der Waals surface area contributed by atoms with Gasteiger partial charge in [-0.25, -0.2) is 14.3 Å². The molecule has 6 heteroatoms. The first-order chi connectivity index (χ1) is 11.5. The van der Waals surface area contributed by atoms with E-state index in [0.29, 0.717) is 0 Å². The summed E-state index contributed by atoms with van der Waals surface area (Å²) in [4.78, 5) is 0. The van der Waals surface area contributed by atoms with Crippen molar-refractivity contribution in [2.45, 2.75) is 20.4 Å². The number of aryl methyl sites for hydroxylation is 1. The van der Waals surface area contributed by atoms with Crippen molar-refractivity contribution in [3.63, 3.8) is 0 Å². The third kappa shape index (κ3) is 3.41. The maximum absolute atomic E-state index is 13.3. The Morgan fingerprint density at radius 3 is 2.58 bits per heavy atom. The summed E-state index contributed by atoms with van der Waals surface area (Å²) in [7, 11) is 0. The van der Waals surface area contributed by atoms with Gasteiger partial charge in [-0.2, -0.15) is 0 Å². The quantitative estimate of drug-likeness (QED) is 0.530. The van der Waals surface area contributed by atoms with Gasteiger partial charge >= 0.3 is 5.13 Å². The Morgan fingerprint density at radius 1 is 1.12 bits per heavy atom. The van der Waals surface area contributed by atoms with Gasteiger partial charge in [0.1, 0.15) is 17.2 Å². The van der Waals surface area contributed by atoms with Crippen LogP contribution in [-0.2, 0) is 6.54 Å². The Kier molecular flexibility index (Phi) is 5.09. The molecule has 0 amide bonds. The molecule has 0 saturated carbocycles. The van der Waals surface area contributed by atoms with Crippen LogP contribution < -0.4 is 9.88 Å². The number of hydrogen-bond donors (Lipinski definition) is 1. The van der Waals surface area contributed by atoms with Gasteiger partial charge in [0.2, 0.25) is 0 Å². The molecular weight excluding hydrogens is 366 g/mol. The number of hydrogen-bond acceptors (Lipinski definition) is 2. The number of anilines is 2. The lowest BCUT2D eigenvalue weighted by Gasteiger charge is -2.06. The zero-order valence-electron chi connectivity index (χ0n) is 13.2. The fourth-order valence-electron chi connectivity index (χ4n) is 2.48.